The van der Waals surface area contributed by atoms with Gasteiger partial charge in [-0.05, 0) is 31.9 Å². The molecule has 0 aromatic carbocycles. The summed E-state index contributed by atoms with van der Waals surface area (Å²) in [5.41, 5.74) is 1.16. The summed E-state index contributed by atoms with van der Waals surface area (Å²) in [6.07, 6.45) is 2.76. The van der Waals surface area contributed by atoms with Crippen molar-refractivity contribution < 1.29 is 4.79 Å². The highest BCUT2D eigenvalue weighted by Crippen LogP contribution is 2.16. The molecule has 21 heavy (non-hydrogen) atoms. The van der Waals surface area contributed by atoms with Crippen molar-refractivity contribution in [3.63, 3.8) is 0 Å². The van der Waals surface area contributed by atoms with Gasteiger partial charge in [0.25, 0.3) is 0 Å². The molecule has 1 fully saturated rings. The van der Waals surface area contributed by atoms with Gasteiger partial charge in [-0.15, -0.1) is 0 Å². The SMILES string of the molecule is CCC1C(=O)NCCN1Cc1ccc(N(C)C(C)C)nc1. The molecular formula is C16H26N4O. The van der Waals surface area contributed by atoms with Crippen molar-refractivity contribution in [2.45, 2.75) is 45.8 Å². The molecule has 5 nitrogen and oxygen atoms in total. The number of rotatable bonds is 5. The molecule has 0 bridgehead atoms. The molecule has 1 unspecified atom stereocenters. The van der Waals surface area contributed by atoms with Gasteiger partial charge in [-0.25, -0.2) is 4.98 Å². The van der Waals surface area contributed by atoms with E-state index in [4.69, 9.17) is 0 Å². The number of nitrogens with one attached hydrogen (secondary N) is 1. The molecule has 5 heteroatoms. The van der Waals surface area contributed by atoms with Crippen molar-refractivity contribution in [1.82, 2.24) is 15.2 Å². The number of hydrogen-bond acceptors (Lipinski definition) is 4. The van der Waals surface area contributed by atoms with Crippen LogP contribution in [0.2, 0.25) is 0 Å². The third-order valence-electron chi connectivity index (χ3n) is 4.16. The van der Waals surface area contributed by atoms with Gasteiger partial charge >= 0.3 is 0 Å². The molecule has 0 aliphatic carbocycles. The zero-order valence-electron chi connectivity index (χ0n) is 13.5. The number of aromatic nitrogens is 1. The highest BCUT2D eigenvalue weighted by molar-refractivity contribution is 5.82. The van der Waals surface area contributed by atoms with Gasteiger partial charge in [-0.2, -0.15) is 0 Å². The number of nitrogens with zero attached hydrogens (tertiary/aromatic N) is 3. The Bertz CT molecular complexity index is 472. The van der Waals surface area contributed by atoms with Crippen LogP contribution in [-0.4, -0.2) is 48.0 Å². The first-order chi connectivity index (χ1) is 10.0. The zero-order valence-corrected chi connectivity index (χ0v) is 13.5. The molecule has 2 rings (SSSR count). The molecule has 0 radical (unpaired) electrons. The van der Waals surface area contributed by atoms with Crippen LogP contribution in [0.1, 0.15) is 32.8 Å². The van der Waals surface area contributed by atoms with E-state index in [1.807, 2.05) is 6.20 Å². The van der Waals surface area contributed by atoms with Crippen LogP contribution in [0.15, 0.2) is 18.3 Å². The third-order valence-corrected chi connectivity index (χ3v) is 4.16. The Morgan fingerprint density at radius 1 is 1.48 bits per heavy atom. The molecule has 1 aliphatic heterocycles. The smallest absolute Gasteiger partial charge is 0.237 e. The van der Waals surface area contributed by atoms with Crippen molar-refractivity contribution in [3.8, 4) is 0 Å². The van der Waals surface area contributed by atoms with Crippen LogP contribution < -0.4 is 10.2 Å². The molecule has 0 spiro atoms. The van der Waals surface area contributed by atoms with Gasteiger partial charge in [-0.3, -0.25) is 9.69 Å². The highest BCUT2D eigenvalue weighted by atomic mass is 16.2. The lowest BCUT2D eigenvalue weighted by Crippen LogP contribution is -2.54. The Labute approximate surface area is 127 Å². The minimum Gasteiger partial charge on any atom is -0.357 e. The summed E-state index contributed by atoms with van der Waals surface area (Å²) < 4.78 is 0. The van der Waals surface area contributed by atoms with Gasteiger partial charge in [0.2, 0.25) is 5.91 Å². The van der Waals surface area contributed by atoms with E-state index in [-0.39, 0.29) is 11.9 Å². The van der Waals surface area contributed by atoms with Crippen LogP contribution in [0.5, 0.6) is 0 Å². The molecule has 1 N–H and O–H groups in total. The summed E-state index contributed by atoms with van der Waals surface area (Å²) >= 11 is 0. The number of piperazine rings is 1. The topological polar surface area (TPSA) is 48.5 Å². The number of pyridine rings is 1. The zero-order chi connectivity index (χ0) is 15.4. The van der Waals surface area contributed by atoms with Crippen molar-refractivity contribution in [2.24, 2.45) is 0 Å². The molecular weight excluding hydrogens is 264 g/mol. The van der Waals surface area contributed by atoms with Crippen LogP contribution in [-0.2, 0) is 11.3 Å². The van der Waals surface area contributed by atoms with Crippen molar-refractivity contribution in [1.29, 1.82) is 0 Å². The third kappa shape index (κ3) is 3.73. The standard InChI is InChI=1S/C16H26N4O/c1-5-14-16(21)17-8-9-20(14)11-13-6-7-15(18-10-13)19(4)12(2)3/h6-7,10,12,14H,5,8-9,11H2,1-4H3,(H,17,21). The monoisotopic (exact) mass is 290 g/mol. The Balaban J connectivity index is 2.04. The van der Waals surface area contributed by atoms with Crippen LogP contribution in [0, 0.1) is 0 Å². The van der Waals surface area contributed by atoms with Gasteiger partial charge in [0.1, 0.15) is 5.82 Å². The van der Waals surface area contributed by atoms with E-state index in [1.165, 1.54) is 0 Å². The van der Waals surface area contributed by atoms with E-state index in [0.717, 1.165) is 37.4 Å². The maximum Gasteiger partial charge on any atom is 0.237 e. The Morgan fingerprint density at radius 3 is 2.81 bits per heavy atom. The highest BCUT2D eigenvalue weighted by Gasteiger charge is 2.27. The molecule has 1 atom stereocenters. The summed E-state index contributed by atoms with van der Waals surface area (Å²) in [7, 11) is 2.05. The second-order valence-corrected chi connectivity index (χ2v) is 5.91. The normalized spacial score (nSPS) is 19.7. The number of carbonyl (C=O) groups is 1. The van der Waals surface area contributed by atoms with Gasteiger partial charge in [0.15, 0.2) is 0 Å². The molecule has 1 saturated heterocycles. The second kappa shape index (κ2) is 6.89. The molecule has 116 valence electrons. The maximum atomic E-state index is 11.9. The summed E-state index contributed by atoms with van der Waals surface area (Å²) in [5.74, 6) is 1.13. The quantitative estimate of drug-likeness (QED) is 0.895. The van der Waals surface area contributed by atoms with E-state index in [2.05, 4.69) is 60.1 Å². The largest absolute Gasteiger partial charge is 0.357 e. The van der Waals surface area contributed by atoms with E-state index in [0.29, 0.717) is 6.04 Å². The molecule has 1 aromatic rings. The van der Waals surface area contributed by atoms with Gasteiger partial charge in [-0.1, -0.05) is 13.0 Å². The van der Waals surface area contributed by atoms with Crippen LogP contribution in [0.25, 0.3) is 0 Å². The Kier molecular flexibility index (Phi) is 5.17. The van der Waals surface area contributed by atoms with E-state index in [9.17, 15) is 4.79 Å². The van der Waals surface area contributed by atoms with E-state index in [1.54, 1.807) is 0 Å². The van der Waals surface area contributed by atoms with Crippen LogP contribution in [0.3, 0.4) is 0 Å². The molecule has 1 amide bonds. The summed E-state index contributed by atoms with van der Waals surface area (Å²) in [6, 6.07) is 4.58. The van der Waals surface area contributed by atoms with Crippen LogP contribution >= 0.6 is 0 Å². The first-order valence-electron chi connectivity index (χ1n) is 7.72. The minimum absolute atomic E-state index is 0.0169. The van der Waals surface area contributed by atoms with E-state index < -0.39 is 0 Å². The number of anilines is 1. The predicted octanol–water partition coefficient (Wildman–Crippen LogP) is 1.64. The molecule has 0 saturated carbocycles. The lowest BCUT2D eigenvalue weighted by atomic mass is 10.1. The van der Waals surface area contributed by atoms with E-state index >= 15 is 0 Å². The fourth-order valence-electron chi connectivity index (χ4n) is 2.61. The Hall–Kier alpha value is -1.62. The van der Waals surface area contributed by atoms with Gasteiger partial charge in [0, 0.05) is 38.9 Å². The first kappa shape index (κ1) is 15.8. The summed E-state index contributed by atoms with van der Waals surface area (Å²) in [6.45, 7) is 8.77. The van der Waals surface area contributed by atoms with Crippen LogP contribution in [0.4, 0.5) is 5.82 Å². The lowest BCUT2D eigenvalue weighted by molar-refractivity contribution is -0.129. The van der Waals surface area contributed by atoms with Gasteiger partial charge in [0.05, 0.1) is 6.04 Å². The van der Waals surface area contributed by atoms with Crippen molar-refractivity contribution in [2.75, 3.05) is 25.0 Å². The first-order valence-corrected chi connectivity index (χ1v) is 7.72. The average Bonchev–Trinajstić information content (AvgIpc) is 2.47. The summed E-state index contributed by atoms with van der Waals surface area (Å²) in [4.78, 5) is 20.8. The summed E-state index contributed by atoms with van der Waals surface area (Å²) in [5, 5.41) is 2.93. The molecule has 1 aromatic heterocycles. The predicted molar refractivity (Wildman–Crippen MR) is 85.3 cm³/mol. The molecule has 2 heterocycles. The fourth-order valence-corrected chi connectivity index (χ4v) is 2.61. The maximum absolute atomic E-state index is 11.9. The minimum atomic E-state index is -0.0169. The molecule has 1 aliphatic rings. The number of amides is 1. The lowest BCUT2D eigenvalue weighted by Gasteiger charge is -2.34. The van der Waals surface area contributed by atoms with Crippen molar-refractivity contribution in [3.05, 3.63) is 23.9 Å². The second-order valence-electron chi connectivity index (χ2n) is 5.91. The van der Waals surface area contributed by atoms with Gasteiger partial charge < -0.3 is 10.2 Å². The number of carbonyl (C=O) groups excluding carboxylic acids is 1. The van der Waals surface area contributed by atoms with Crippen molar-refractivity contribution >= 4 is 11.7 Å². The Morgan fingerprint density at radius 2 is 2.24 bits per heavy atom. The average molecular weight is 290 g/mol. The fraction of sp³-hybridized carbons (Fsp3) is 0.625. The number of hydrogen-bond donors (Lipinski definition) is 1.